The number of ether oxygens (including phenoxy) is 2. The molecule has 228 valence electrons. The van der Waals surface area contributed by atoms with E-state index in [1.807, 2.05) is 6.92 Å². The molecular weight excluding hydrogens is 619 g/mol. The van der Waals surface area contributed by atoms with Crippen molar-refractivity contribution in [3.63, 3.8) is 0 Å². The molecule has 0 aromatic heterocycles. The highest BCUT2D eigenvalue weighted by Crippen LogP contribution is 2.39. The number of benzene rings is 2. The molecule has 2 aliphatic rings. The average Bonchev–Trinajstić information content (AvgIpc) is 3.54. The highest BCUT2D eigenvalue weighted by atomic mass is 127. The second-order valence-corrected chi connectivity index (χ2v) is 13.8. The quantitative estimate of drug-likeness (QED) is 0.159. The zero-order valence-corrected chi connectivity index (χ0v) is 29.2. The average molecular weight is 675 g/mol. The van der Waals surface area contributed by atoms with Gasteiger partial charge in [-0.2, -0.15) is 0 Å². The van der Waals surface area contributed by atoms with Crippen molar-refractivity contribution in [1.29, 1.82) is 0 Å². The molecule has 2 atom stereocenters. The zero-order chi connectivity index (χ0) is 30.2. The second kappa shape index (κ2) is 19.6. The fourth-order valence-corrected chi connectivity index (χ4v) is 5.44. The smallest absolute Gasteiger partial charge is 0.0581 e. The third-order valence-corrected chi connectivity index (χ3v) is 7.64. The monoisotopic (exact) mass is 674 g/mol. The molecule has 2 aliphatic carbocycles. The second-order valence-electron chi connectivity index (χ2n) is 11.6. The van der Waals surface area contributed by atoms with Crippen LogP contribution in [0.25, 0.3) is 11.6 Å². The molecule has 0 saturated carbocycles. The van der Waals surface area contributed by atoms with Crippen LogP contribution in [0.4, 0.5) is 0 Å². The number of nitrogens with zero attached hydrogens (tertiary/aromatic N) is 2. The standard InChI is InChI=1S/C18H27NO.C13H17N.C5H11IO/c1-5-20-13-14(2)18-16(10-11-19(3)4)12-15-8-6-7-9-17(15)18;1-14(2)8-7-11-9-12-5-3-4-6-13(12)10-11;1-3-7-4-5(2)6/h6-9,14H,5,10-13H2,1-4H3;3-6,9H,7-8,10H2,1-2H3;5H,3-4H2,1-2H3. The van der Waals surface area contributed by atoms with E-state index in [0.717, 1.165) is 58.8 Å². The topological polar surface area (TPSA) is 24.9 Å². The summed E-state index contributed by atoms with van der Waals surface area (Å²) in [6, 6.07) is 17.5. The normalized spacial score (nSPS) is 15.0. The van der Waals surface area contributed by atoms with Gasteiger partial charge in [0, 0.05) is 36.1 Å². The maximum Gasteiger partial charge on any atom is 0.0581 e. The van der Waals surface area contributed by atoms with E-state index in [1.54, 1.807) is 11.1 Å². The maximum absolute atomic E-state index is 5.65. The van der Waals surface area contributed by atoms with Crippen molar-refractivity contribution in [2.75, 3.05) is 67.7 Å². The van der Waals surface area contributed by atoms with E-state index in [2.05, 4.69) is 136 Å². The molecule has 2 aromatic carbocycles. The summed E-state index contributed by atoms with van der Waals surface area (Å²) < 4.78 is 11.4. The van der Waals surface area contributed by atoms with E-state index < -0.39 is 0 Å². The summed E-state index contributed by atoms with van der Waals surface area (Å²) in [5.74, 6) is 0.482. The Hall–Kier alpha value is -1.51. The SMILES string of the molecule is CCOCC(C)C1=C(CCN(C)C)Cc2ccccc21.CCOCC(C)I.CN(C)CCC1=Cc2ccccc2C1. The number of halogens is 1. The molecule has 2 unspecified atom stereocenters. The third kappa shape index (κ3) is 13.1. The zero-order valence-electron chi connectivity index (χ0n) is 27.0. The number of hydrogen-bond donors (Lipinski definition) is 0. The lowest BCUT2D eigenvalue weighted by Crippen LogP contribution is -2.15. The van der Waals surface area contributed by atoms with Crippen LogP contribution in [0.5, 0.6) is 0 Å². The summed E-state index contributed by atoms with van der Waals surface area (Å²) in [6.07, 6.45) is 6.98. The molecule has 41 heavy (non-hydrogen) atoms. The summed E-state index contributed by atoms with van der Waals surface area (Å²) >= 11 is 2.34. The van der Waals surface area contributed by atoms with Gasteiger partial charge in [-0.1, -0.05) is 102 Å². The minimum Gasteiger partial charge on any atom is -0.381 e. The van der Waals surface area contributed by atoms with Crippen LogP contribution in [-0.2, 0) is 22.3 Å². The van der Waals surface area contributed by atoms with Gasteiger partial charge in [0.05, 0.1) is 13.2 Å². The van der Waals surface area contributed by atoms with E-state index in [-0.39, 0.29) is 0 Å². The van der Waals surface area contributed by atoms with Crippen molar-refractivity contribution < 1.29 is 9.47 Å². The number of alkyl halides is 1. The lowest BCUT2D eigenvalue weighted by molar-refractivity contribution is 0.131. The van der Waals surface area contributed by atoms with Gasteiger partial charge in [0.1, 0.15) is 0 Å². The first-order chi connectivity index (χ1) is 19.7. The highest BCUT2D eigenvalue weighted by molar-refractivity contribution is 14.1. The van der Waals surface area contributed by atoms with Gasteiger partial charge in [-0.15, -0.1) is 0 Å². The van der Waals surface area contributed by atoms with Crippen molar-refractivity contribution >= 4 is 34.2 Å². The van der Waals surface area contributed by atoms with E-state index in [4.69, 9.17) is 9.47 Å². The first-order valence-corrected chi connectivity index (χ1v) is 16.6. The molecular formula is C36H55IN2O2. The van der Waals surface area contributed by atoms with Crippen molar-refractivity contribution in [3.8, 4) is 0 Å². The van der Waals surface area contributed by atoms with Crippen LogP contribution in [0, 0.1) is 5.92 Å². The minimum absolute atomic E-state index is 0.482. The first-order valence-electron chi connectivity index (χ1n) is 15.3. The van der Waals surface area contributed by atoms with E-state index in [0.29, 0.717) is 9.84 Å². The molecule has 0 radical (unpaired) electrons. The van der Waals surface area contributed by atoms with Crippen LogP contribution in [0.3, 0.4) is 0 Å². The summed E-state index contributed by atoms with van der Waals surface area (Å²) in [7, 11) is 8.54. The lowest BCUT2D eigenvalue weighted by Gasteiger charge is -2.18. The predicted molar refractivity (Wildman–Crippen MR) is 187 cm³/mol. The van der Waals surface area contributed by atoms with Crippen molar-refractivity contribution in [2.45, 2.75) is 57.3 Å². The molecule has 0 saturated heterocycles. The van der Waals surface area contributed by atoms with Crippen molar-refractivity contribution in [2.24, 2.45) is 5.92 Å². The Labute approximate surface area is 265 Å². The first kappa shape index (κ1) is 35.7. The molecule has 2 aromatic rings. The van der Waals surface area contributed by atoms with Gasteiger partial charge in [0.2, 0.25) is 0 Å². The lowest BCUT2D eigenvalue weighted by atomic mass is 9.93. The van der Waals surface area contributed by atoms with Gasteiger partial charge in [-0.05, 0) is 95.5 Å². The predicted octanol–water partition coefficient (Wildman–Crippen LogP) is 8.04. The summed E-state index contributed by atoms with van der Waals surface area (Å²) in [6.45, 7) is 14.1. The van der Waals surface area contributed by atoms with Crippen LogP contribution in [0.15, 0.2) is 59.7 Å². The fourth-order valence-electron chi connectivity index (χ4n) is 5.19. The van der Waals surface area contributed by atoms with E-state index in [9.17, 15) is 0 Å². The minimum atomic E-state index is 0.482. The largest absolute Gasteiger partial charge is 0.381 e. The Morgan fingerprint density at radius 3 is 1.93 bits per heavy atom. The molecule has 4 nitrogen and oxygen atoms in total. The van der Waals surface area contributed by atoms with Gasteiger partial charge >= 0.3 is 0 Å². The Bertz CT molecular complexity index is 1090. The molecule has 0 bridgehead atoms. The fraction of sp³-hybridized carbons (Fsp3) is 0.556. The summed E-state index contributed by atoms with van der Waals surface area (Å²) in [5, 5.41) is 0. The molecule has 0 aliphatic heterocycles. The Morgan fingerprint density at radius 1 is 0.756 bits per heavy atom. The Morgan fingerprint density at radius 2 is 1.34 bits per heavy atom. The number of hydrogen-bond acceptors (Lipinski definition) is 4. The van der Waals surface area contributed by atoms with Crippen LogP contribution >= 0.6 is 22.6 Å². The van der Waals surface area contributed by atoms with E-state index >= 15 is 0 Å². The van der Waals surface area contributed by atoms with Crippen molar-refractivity contribution in [1.82, 2.24) is 9.80 Å². The van der Waals surface area contributed by atoms with Gasteiger partial charge < -0.3 is 19.3 Å². The van der Waals surface area contributed by atoms with Crippen LogP contribution in [0.2, 0.25) is 0 Å². The molecule has 0 heterocycles. The van der Waals surface area contributed by atoms with Crippen molar-refractivity contribution in [3.05, 3.63) is 81.9 Å². The van der Waals surface area contributed by atoms with Gasteiger partial charge in [0.25, 0.3) is 0 Å². The molecule has 0 spiro atoms. The molecule has 5 heteroatoms. The number of fused-ring (bicyclic) bond motifs is 2. The van der Waals surface area contributed by atoms with Crippen LogP contribution in [0.1, 0.15) is 62.8 Å². The van der Waals surface area contributed by atoms with E-state index in [1.165, 1.54) is 34.2 Å². The molecule has 4 rings (SSSR count). The summed E-state index contributed by atoms with van der Waals surface area (Å²) in [4.78, 5) is 4.50. The Kier molecular flexibility index (Phi) is 17.1. The van der Waals surface area contributed by atoms with Gasteiger partial charge in [-0.3, -0.25) is 0 Å². The van der Waals surface area contributed by atoms with Crippen LogP contribution < -0.4 is 0 Å². The van der Waals surface area contributed by atoms with Gasteiger partial charge in [0.15, 0.2) is 0 Å². The maximum atomic E-state index is 5.65. The molecule has 0 N–H and O–H groups in total. The molecule has 0 amide bonds. The Balaban J connectivity index is 0.000000242. The third-order valence-electron chi connectivity index (χ3n) is 7.28. The van der Waals surface area contributed by atoms with Crippen LogP contribution in [-0.4, -0.2) is 81.4 Å². The van der Waals surface area contributed by atoms with Gasteiger partial charge in [-0.25, -0.2) is 0 Å². The molecule has 0 fully saturated rings. The highest BCUT2D eigenvalue weighted by Gasteiger charge is 2.24. The number of rotatable bonds is 13. The summed E-state index contributed by atoms with van der Waals surface area (Å²) in [5.41, 5.74) is 10.6.